The van der Waals surface area contributed by atoms with E-state index >= 15 is 0 Å². The molecular weight excluding hydrogens is 274 g/mol. The molecule has 2 amide bonds. The summed E-state index contributed by atoms with van der Waals surface area (Å²) in [7, 11) is 0. The van der Waals surface area contributed by atoms with Crippen molar-refractivity contribution in [3.8, 4) is 0 Å². The van der Waals surface area contributed by atoms with Crippen molar-refractivity contribution >= 4 is 12.0 Å². The average molecular weight is 299 g/mol. The topological polar surface area (TPSA) is 82.1 Å². The summed E-state index contributed by atoms with van der Waals surface area (Å²) in [6, 6.07) is -0.0813. The molecule has 0 unspecified atom stereocenters. The van der Waals surface area contributed by atoms with Crippen LogP contribution in [0.15, 0.2) is 0 Å². The SMILES string of the molecule is O=C(O)CN1CCCN(C(=O)NCCOCC2CC2)CC1. The Morgan fingerprint density at radius 3 is 2.71 bits per heavy atom. The van der Waals surface area contributed by atoms with Crippen molar-refractivity contribution in [2.45, 2.75) is 19.3 Å². The number of hydrogen-bond acceptors (Lipinski definition) is 4. The van der Waals surface area contributed by atoms with Gasteiger partial charge in [-0.15, -0.1) is 0 Å². The fourth-order valence-corrected chi connectivity index (χ4v) is 2.40. The number of carbonyl (C=O) groups excluding carboxylic acids is 1. The lowest BCUT2D eigenvalue weighted by Crippen LogP contribution is -2.43. The lowest BCUT2D eigenvalue weighted by atomic mass is 10.4. The van der Waals surface area contributed by atoms with Crippen LogP contribution in [0.4, 0.5) is 4.79 Å². The molecule has 1 aliphatic carbocycles. The number of nitrogens with zero attached hydrogens (tertiary/aromatic N) is 2. The van der Waals surface area contributed by atoms with Crippen molar-refractivity contribution in [2.24, 2.45) is 5.92 Å². The number of urea groups is 1. The summed E-state index contributed by atoms with van der Waals surface area (Å²) in [4.78, 5) is 26.3. The number of nitrogens with one attached hydrogen (secondary N) is 1. The Labute approximate surface area is 125 Å². The van der Waals surface area contributed by atoms with Crippen LogP contribution in [0, 0.1) is 5.92 Å². The van der Waals surface area contributed by atoms with E-state index in [4.69, 9.17) is 9.84 Å². The number of aliphatic carboxylic acids is 1. The molecular formula is C14H25N3O4. The molecule has 2 aliphatic rings. The van der Waals surface area contributed by atoms with Crippen LogP contribution in [-0.4, -0.2) is 79.4 Å². The minimum Gasteiger partial charge on any atom is -0.480 e. The molecule has 120 valence electrons. The Morgan fingerprint density at radius 1 is 1.19 bits per heavy atom. The van der Waals surface area contributed by atoms with Crippen LogP contribution in [-0.2, 0) is 9.53 Å². The van der Waals surface area contributed by atoms with Crippen LogP contribution in [0.2, 0.25) is 0 Å². The number of hydrogen-bond donors (Lipinski definition) is 2. The predicted molar refractivity (Wildman–Crippen MR) is 77.2 cm³/mol. The number of carboxylic acids is 1. The van der Waals surface area contributed by atoms with Crippen LogP contribution in [0.5, 0.6) is 0 Å². The van der Waals surface area contributed by atoms with Crippen LogP contribution in [0.25, 0.3) is 0 Å². The number of rotatable bonds is 7. The molecule has 2 fully saturated rings. The molecule has 0 radical (unpaired) electrons. The van der Waals surface area contributed by atoms with Crippen molar-refractivity contribution in [3.05, 3.63) is 0 Å². The largest absolute Gasteiger partial charge is 0.480 e. The van der Waals surface area contributed by atoms with Gasteiger partial charge in [0, 0.05) is 39.3 Å². The third-order valence-electron chi connectivity index (χ3n) is 3.81. The van der Waals surface area contributed by atoms with Gasteiger partial charge in [-0.1, -0.05) is 0 Å². The van der Waals surface area contributed by atoms with Crippen LogP contribution in [0.3, 0.4) is 0 Å². The fourth-order valence-electron chi connectivity index (χ4n) is 2.40. The van der Waals surface area contributed by atoms with Crippen LogP contribution in [0.1, 0.15) is 19.3 Å². The molecule has 1 heterocycles. The quantitative estimate of drug-likeness (QED) is 0.657. The van der Waals surface area contributed by atoms with Crippen molar-refractivity contribution in [1.82, 2.24) is 15.1 Å². The number of amides is 2. The summed E-state index contributed by atoms with van der Waals surface area (Å²) in [6.07, 6.45) is 3.35. The molecule has 0 atom stereocenters. The van der Waals surface area contributed by atoms with Gasteiger partial charge < -0.3 is 20.1 Å². The molecule has 0 aromatic heterocycles. The van der Waals surface area contributed by atoms with E-state index in [1.165, 1.54) is 12.8 Å². The van der Waals surface area contributed by atoms with Crippen LogP contribution >= 0.6 is 0 Å². The smallest absolute Gasteiger partial charge is 0.317 e. The number of carbonyl (C=O) groups is 2. The molecule has 2 N–H and O–H groups in total. The van der Waals surface area contributed by atoms with E-state index < -0.39 is 5.97 Å². The summed E-state index contributed by atoms with van der Waals surface area (Å²) in [5.74, 6) is -0.0766. The second-order valence-electron chi connectivity index (χ2n) is 5.76. The molecule has 0 bridgehead atoms. The molecule has 2 rings (SSSR count). The first-order chi connectivity index (χ1) is 10.1. The normalized spacial score (nSPS) is 20.1. The van der Waals surface area contributed by atoms with E-state index in [-0.39, 0.29) is 12.6 Å². The van der Waals surface area contributed by atoms with Gasteiger partial charge in [0.05, 0.1) is 13.2 Å². The maximum absolute atomic E-state index is 12.0. The van der Waals surface area contributed by atoms with Gasteiger partial charge in [0.25, 0.3) is 0 Å². The summed E-state index contributed by atoms with van der Waals surface area (Å²) < 4.78 is 5.47. The molecule has 0 aromatic carbocycles. The molecule has 21 heavy (non-hydrogen) atoms. The molecule has 0 aromatic rings. The highest BCUT2D eigenvalue weighted by Crippen LogP contribution is 2.28. The molecule has 7 nitrogen and oxygen atoms in total. The second kappa shape index (κ2) is 8.19. The van der Waals surface area contributed by atoms with E-state index in [0.717, 1.165) is 25.5 Å². The third-order valence-corrected chi connectivity index (χ3v) is 3.81. The first-order valence-electron chi connectivity index (χ1n) is 7.70. The number of carboxylic acid groups (broad SMARTS) is 1. The molecule has 1 saturated heterocycles. The van der Waals surface area contributed by atoms with Gasteiger partial charge in [-0.2, -0.15) is 0 Å². The third kappa shape index (κ3) is 6.31. The first kappa shape index (κ1) is 16.0. The van der Waals surface area contributed by atoms with Crippen molar-refractivity contribution in [3.63, 3.8) is 0 Å². The van der Waals surface area contributed by atoms with Gasteiger partial charge >= 0.3 is 12.0 Å². The summed E-state index contributed by atoms with van der Waals surface area (Å²) >= 11 is 0. The molecule has 0 spiro atoms. The Bertz CT molecular complexity index is 360. The highest BCUT2D eigenvalue weighted by Gasteiger charge is 2.21. The molecule has 7 heteroatoms. The van der Waals surface area contributed by atoms with Crippen molar-refractivity contribution in [2.75, 3.05) is 52.5 Å². The van der Waals surface area contributed by atoms with Crippen molar-refractivity contribution < 1.29 is 19.4 Å². The highest BCUT2D eigenvalue weighted by molar-refractivity contribution is 5.74. The van der Waals surface area contributed by atoms with Gasteiger partial charge in [-0.05, 0) is 25.2 Å². The summed E-state index contributed by atoms with van der Waals surface area (Å²) in [5.41, 5.74) is 0. The van der Waals surface area contributed by atoms with Gasteiger partial charge in [0.15, 0.2) is 0 Å². The lowest BCUT2D eigenvalue weighted by molar-refractivity contribution is -0.138. The van der Waals surface area contributed by atoms with Gasteiger partial charge in [-0.3, -0.25) is 9.69 Å². The Balaban J connectivity index is 1.59. The fraction of sp³-hybridized carbons (Fsp3) is 0.857. The minimum absolute atomic E-state index is 0.0461. The minimum atomic E-state index is -0.819. The lowest BCUT2D eigenvalue weighted by Gasteiger charge is -2.21. The number of ether oxygens (including phenoxy) is 1. The van der Waals surface area contributed by atoms with Gasteiger partial charge in [0.1, 0.15) is 0 Å². The van der Waals surface area contributed by atoms with E-state index in [1.807, 2.05) is 4.90 Å². The Kier molecular flexibility index (Phi) is 6.25. The zero-order valence-corrected chi connectivity index (χ0v) is 12.4. The Hall–Kier alpha value is -1.34. The maximum atomic E-state index is 12.0. The summed E-state index contributed by atoms with van der Waals surface area (Å²) in [5, 5.41) is 11.7. The van der Waals surface area contributed by atoms with Crippen LogP contribution < -0.4 is 5.32 Å². The monoisotopic (exact) mass is 299 g/mol. The zero-order valence-electron chi connectivity index (χ0n) is 12.4. The second-order valence-corrected chi connectivity index (χ2v) is 5.76. The zero-order chi connectivity index (χ0) is 15.1. The first-order valence-corrected chi connectivity index (χ1v) is 7.70. The van der Waals surface area contributed by atoms with Gasteiger partial charge in [-0.25, -0.2) is 4.79 Å². The van der Waals surface area contributed by atoms with E-state index in [2.05, 4.69) is 5.32 Å². The summed E-state index contributed by atoms with van der Waals surface area (Å²) in [6.45, 7) is 4.52. The van der Waals surface area contributed by atoms with E-state index in [0.29, 0.717) is 32.8 Å². The van der Waals surface area contributed by atoms with Crippen molar-refractivity contribution in [1.29, 1.82) is 0 Å². The van der Waals surface area contributed by atoms with Gasteiger partial charge in [0.2, 0.25) is 0 Å². The van der Waals surface area contributed by atoms with E-state index in [9.17, 15) is 9.59 Å². The Morgan fingerprint density at radius 2 is 2.00 bits per heavy atom. The maximum Gasteiger partial charge on any atom is 0.317 e. The molecule has 1 aliphatic heterocycles. The standard InChI is InChI=1S/C14H25N3O4/c18-13(19)10-16-5-1-6-17(8-7-16)14(20)15-4-9-21-11-12-2-3-12/h12H,1-11H2,(H,15,20)(H,18,19). The molecule has 1 saturated carbocycles. The highest BCUT2D eigenvalue weighted by atomic mass is 16.5. The predicted octanol–water partition coefficient (Wildman–Crippen LogP) is 0.215. The average Bonchev–Trinajstić information content (AvgIpc) is 3.25. The van der Waals surface area contributed by atoms with E-state index in [1.54, 1.807) is 4.90 Å².